The Morgan fingerprint density at radius 2 is 2.00 bits per heavy atom. The molecule has 118 valence electrons. The predicted molar refractivity (Wildman–Crippen MR) is 80.2 cm³/mol. The molecule has 22 heavy (non-hydrogen) atoms. The number of ether oxygens (including phenoxy) is 3. The van der Waals surface area contributed by atoms with Crippen LogP contribution in [-0.4, -0.2) is 42.7 Å². The average molecular weight is 324 g/mol. The minimum atomic E-state index is -0.434. The van der Waals surface area contributed by atoms with E-state index < -0.39 is 5.25 Å². The van der Waals surface area contributed by atoms with Crippen molar-refractivity contribution in [3.05, 3.63) is 18.2 Å². The summed E-state index contributed by atoms with van der Waals surface area (Å²) in [5, 5.41) is 7.75. The molecule has 0 aliphatic heterocycles. The van der Waals surface area contributed by atoms with Crippen molar-refractivity contribution in [3.8, 4) is 23.0 Å². The van der Waals surface area contributed by atoms with Gasteiger partial charge in [-0.15, -0.1) is 10.2 Å². The number of hydrogen-bond acceptors (Lipinski definition) is 8. The molecule has 2 rings (SSSR count). The Morgan fingerprint density at radius 3 is 2.64 bits per heavy atom. The van der Waals surface area contributed by atoms with Crippen molar-refractivity contribution in [2.45, 2.75) is 17.4 Å². The molecule has 0 aliphatic rings. The molecule has 0 N–H and O–H groups in total. The SMILES string of the molecule is COC(=O)[C@@H](C)Sc1nnc(-c2ccc(OC)cc2OC)o1. The molecule has 0 aliphatic carbocycles. The summed E-state index contributed by atoms with van der Waals surface area (Å²) in [7, 11) is 4.45. The van der Waals surface area contributed by atoms with Crippen molar-refractivity contribution in [1.82, 2.24) is 10.2 Å². The van der Waals surface area contributed by atoms with Crippen molar-refractivity contribution in [2.24, 2.45) is 0 Å². The van der Waals surface area contributed by atoms with Crippen LogP contribution in [0.3, 0.4) is 0 Å². The first-order valence-corrected chi connectivity index (χ1v) is 7.27. The number of hydrogen-bond donors (Lipinski definition) is 0. The summed E-state index contributed by atoms with van der Waals surface area (Å²) in [6, 6.07) is 5.26. The summed E-state index contributed by atoms with van der Waals surface area (Å²) in [5.74, 6) is 1.17. The van der Waals surface area contributed by atoms with Crippen molar-refractivity contribution < 1.29 is 23.4 Å². The van der Waals surface area contributed by atoms with Gasteiger partial charge in [0, 0.05) is 6.07 Å². The van der Waals surface area contributed by atoms with E-state index in [1.807, 2.05) is 0 Å². The largest absolute Gasteiger partial charge is 0.497 e. The highest BCUT2D eigenvalue weighted by molar-refractivity contribution is 8.00. The first kappa shape index (κ1) is 16.2. The second kappa shape index (κ2) is 7.17. The molecule has 0 radical (unpaired) electrons. The van der Waals surface area contributed by atoms with Crippen molar-refractivity contribution in [1.29, 1.82) is 0 Å². The summed E-state index contributed by atoms with van der Waals surface area (Å²) in [5.41, 5.74) is 0.647. The van der Waals surface area contributed by atoms with Gasteiger partial charge in [-0.25, -0.2) is 0 Å². The van der Waals surface area contributed by atoms with Crippen LogP contribution in [0.4, 0.5) is 0 Å². The predicted octanol–water partition coefficient (Wildman–Crippen LogP) is 2.41. The zero-order chi connectivity index (χ0) is 16.1. The second-order valence-corrected chi connectivity index (χ2v) is 5.51. The molecule has 0 amide bonds. The van der Waals surface area contributed by atoms with Gasteiger partial charge in [0.25, 0.3) is 11.1 Å². The van der Waals surface area contributed by atoms with Crippen LogP contribution in [0, 0.1) is 0 Å². The van der Waals surface area contributed by atoms with Gasteiger partial charge in [0.2, 0.25) is 0 Å². The van der Waals surface area contributed by atoms with Crippen LogP contribution in [0.2, 0.25) is 0 Å². The van der Waals surface area contributed by atoms with Crippen molar-refractivity contribution in [2.75, 3.05) is 21.3 Å². The highest BCUT2D eigenvalue weighted by Crippen LogP contribution is 2.34. The number of aromatic nitrogens is 2. The molecule has 7 nitrogen and oxygen atoms in total. The van der Waals surface area contributed by atoms with E-state index in [1.54, 1.807) is 39.3 Å². The number of carbonyl (C=O) groups is 1. The van der Waals surface area contributed by atoms with Crippen LogP contribution in [-0.2, 0) is 9.53 Å². The molecular weight excluding hydrogens is 308 g/mol. The van der Waals surface area contributed by atoms with Crippen LogP contribution >= 0.6 is 11.8 Å². The van der Waals surface area contributed by atoms with Gasteiger partial charge < -0.3 is 18.6 Å². The van der Waals surface area contributed by atoms with Gasteiger partial charge in [0.15, 0.2) is 0 Å². The van der Waals surface area contributed by atoms with Crippen LogP contribution in [0.1, 0.15) is 6.92 Å². The molecule has 0 saturated carbocycles. The van der Waals surface area contributed by atoms with E-state index in [0.717, 1.165) is 11.8 Å². The molecule has 1 atom stereocenters. The highest BCUT2D eigenvalue weighted by atomic mass is 32.2. The summed E-state index contributed by atoms with van der Waals surface area (Å²) in [6.45, 7) is 1.70. The van der Waals surface area contributed by atoms with Gasteiger partial charge in [0.05, 0.1) is 26.9 Å². The zero-order valence-corrected chi connectivity index (χ0v) is 13.5. The van der Waals surface area contributed by atoms with Gasteiger partial charge in [-0.1, -0.05) is 11.8 Å². The van der Waals surface area contributed by atoms with Gasteiger partial charge in [-0.3, -0.25) is 4.79 Å². The number of rotatable bonds is 6. The molecule has 0 spiro atoms. The molecule has 1 aromatic carbocycles. The van der Waals surface area contributed by atoms with Gasteiger partial charge in [-0.05, 0) is 19.1 Å². The molecular formula is C14H16N2O5S. The Bertz CT molecular complexity index is 658. The third-order valence-electron chi connectivity index (χ3n) is 2.86. The first-order chi connectivity index (χ1) is 10.6. The lowest BCUT2D eigenvalue weighted by Gasteiger charge is -2.07. The number of esters is 1. The summed E-state index contributed by atoms with van der Waals surface area (Å²) < 4.78 is 20.7. The van der Waals surface area contributed by atoms with Crippen molar-refractivity contribution in [3.63, 3.8) is 0 Å². The Morgan fingerprint density at radius 1 is 1.23 bits per heavy atom. The van der Waals surface area contributed by atoms with E-state index in [4.69, 9.17) is 13.9 Å². The molecule has 2 aromatic rings. The molecule has 0 saturated heterocycles. The molecule has 0 unspecified atom stereocenters. The molecule has 0 bridgehead atoms. The van der Waals surface area contributed by atoms with Gasteiger partial charge >= 0.3 is 5.97 Å². The van der Waals surface area contributed by atoms with Gasteiger partial charge in [0.1, 0.15) is 16.7 Å². The first-order valence-electron chi connectivity index (χ1n) is 6.39. The Labute approximate surface area is 132 Å². The van der Waals surface area contributed by atoms with Crippen LogP contribution in [0.15, 0.2) is 27.8 Å². The lowest BCUT2D eigenvalue weighted by Crippen LogP contribution is -2.14. The zero-order valence-electron chi connectivity index (χ0n) is 12.7. The second-order valence-electron chi connectivity index (χ2n) is 4.22. The third-order valence-corrected chi connectivity index (χ3v) is 3.77. The molecule has 1 heterocycles. The van der Waals surface area contributed by atoms with E-state index in [0.29, 0.717) is 23.0 Å². The molecule has 0 fully saturated rings. The number of methoxy groups -OCH3 is 3. The Balaban J connectivity index is 2.23. The highest BCUT2D eigenvalue weighted by Gasteiger charge is 2.20. The number of nitrogens with zero attached hydrogens (tertiary/aromatic N) is 2. The normalized spacial score (nSPS) is 11.8. The Kier molecular flexibility index (Phi) is 5.26. The average Bonchev–Trinajstić information content (AvgIpc) is 3.01. The molecule has 8 heteroatoms. The third kappa shape index (κ3) is 3.51. The summed E-state index contributed by atoms with van der Waals surface area (Å²) >= 11 is 1.13. The van der Waals surface area contributed by atoms with Crippen LogP contribution < -0.4 is 9.47 Å². The van der Waals surface area contributed by atoms with E-state index in [-0.39, 0.29) is 11.2 Å². The molecule has 1 aromatic heterocycles. The van der Waals surface area contributed by atoms with Crippen molar-refractivity contribution >= 4 is 17.7 Å². The van der Waals surface area contributed by atoms with Crippen LogP contribution in [0.25, 0.3) is 11.5 Å². The maximum atomic E-state index is 11.4. The number of carbonyl (C=O) groups excluding carboxylic acids is 1. The van der Waals surface area contributed by atoms with E-state index >= 15 is 0 Å². The minimum absolute atomic E-state index is 0.283. The topological polar surface area (TPSA) is 83.7 Å². The monoisotopic (exact) mass is 324 g/mol. The number of benzene rings is 1. The lowest BCUT2D eigenvalue weighted by atomic mass is 10.2. The summed E-state index contributed by atoms with van der Waals surface area (Å²) in [6.07, 6.45) is 0. The van der Waals surface area contributed by atoms with E-state index in [2.05, 4.69) is 14.9 Å². The fourth-order valence-corrected chi connectivity index (χ4v) is 2.42. The van der Waals surface area contributed by atoms with E-state index in [1.165, 1.54) is 7.11 Å². The fourth-order valence-electron chi connectivity index (χ4n) is 1.71. The summed E-state index contributed by atoms with van der Waals surface area (Å²) in [4.78, 5) is 11.4. The van der Waals surface area contributed by atoms with Gasteiger partial charge in [-0.2, -0.15) is 0 Å². The lowest BCUT2D eigenvalue weighted by molar-refractivity contribution is -0.139. The smallest absolute Gasteiger partial charge is 0.319 e. The quantitative estimate of drug-likeness (QED) is 0.591. The van der Waals surface area contributed by atoms with Crippen LogP contribution in [0.5, 0.6) is 11.5 Å². The number of thioether (sulfide) groups is 1. The maximum Gasteiger partial charge on any atom is 0.319 e. The standard InChI is InChI=1S/C14H16N2O5S/c1-8(13(17)20-4)22-14-16-15-12(21-14)10-6-5-9(18-2)7-11(10)19-3/h5-8H,1-4H3/t8-/m1/s1. The Hall–Kier alpha value is -2.22. The maximum absolute atomic E-state index is 11.4. The minimum Gasteiger partial charge on any atom is -0.497 e. The fraction of sp³-hybridized carbons (Fsp3) is 0.357. The van der Waals surface area contributed by atoms with E-state index in [9.17, 15) is 4.79 Å².